The van der Waals surface area contributed by atoms with E-state index >= 15 is 0 Å². The van der Waals surface area contributed by atoms with Crippen molar-refractivity contribution in [3.63, 3.8) is 0 Å². The Kier molecular flexibility index (Phi) is 7.72. The molecule has 0 bridgehead atoms. The zero-order valence-corrected chi connectivity index (χ0v) is 18.1. The lowest BCUT2D eigenvalue weighted by Gasteiger charge is -2.16. The number of rotatable bonds is 9. The standard InChI is InChI=1S/C19H23ClN2O6S/c1-12(22-29(24,25)15-7-5-14(20)6-8-15)19(23)21-11-13-9-16(26-2)18(28-4)17(10-13)27-3/h5-10,12,22H,11H2,1-4H3,(H,21,23)/t12-/m0/s1. The maximum absolute atomic E-state index is 12.4. The van der Waals surface area contributed by atoms with E-state index in [1.807, 2.05) is 0 Å². The van der Waals surface area contributed by atoms with E-state index in [0.29, 0.717) is 27.8 Å². The van der Waals surface area contributed by atoms with Crippen molar-refractivity contribution < 1.29 is 27.4 Å². The molecule has 1 amide bonds. The van der Waals surface area contributed by atoms with Crippen LogP contribution in [0, 0.1) is 0 Å². The SMILES string of the molecule is COc1cc(CNC(=O)[C@H](C)NS(=O)(=O)c2ccc(Cl)cc2)cc(OC)c1OC. The van der Waals surface area contributed by atoms with Crippen molar-refractivity contribution in [1.82, 2.24) is 10.0 Å². The Morgan fingerprint density at radius 2 is 1.59 bits per heavy atom. The normalized spacial score (nSPS) is 12.2. The van der Waals surface area contributed by atoms with Gasteiger partial charge in [-0.05, 0) is 48.9 Å². The van der Waals surface area contributed by atoms with E-state index in [1.54, 1.807) is 12.1 Å². The van der Waals surface area contributed by atoms with Gasteiger partial charge in [-0.25, -0.2) is 8.42 Å². The third kappa shape index (κ3) is 5.75. The lowest BCUT2D eigenvalue weighted by molar-refractivity contribution is -0.122. The minimum atomic E-state index is -3.86. The zero-order chi connectivity index (χ0) is 21.6. The van der Waals surface area contributed by atoms with Crippen molar-refractivity contribution in [3.05, 3.63) is 47.0 Å². The average molecular weight is 443 g/mol. The lowest BCUT2D eigenvalue weighted by atomic mass is 10.1. The fraction of sp³-hybridized carbons (Fsp3) is 0.316. The molecule has 0 aliphatic heterocycles. The lowest BCUT2D eigenvalue weighted by Crippen LogP contribution is -2.44. The Bertz CT molecular complexity index is 938. The van der Waals surface area contributed by atoms with Gasteiger partial charge < -0.3 is 19.5 Å². The summed E-state index contributed by atoms with van der Waals surface area (Å²) in [4.78, 5) is 12.4. The molecule has 158 valence electrons. The van der Waals surface area contributed by atoms with E-state index in [9.17, 15) is 13.2 Å². The molecule has 1 atom stereocenters. The van der Waals surface area contributed by atoms with E-state index in [4.69, 9.17) is 25.8 Å². The number of nitrogens with one attached hydrogen (secondary N) is 2. The van der Waals surface area contributed by atoms with Gasteiger partial charge in [0.1, 0.15) is 0 Å². The zero-order valence-electron chi connectivity index (χ0n) is 16.5. The Morgan fingerprint density at radius 3 is 2.07 bits per heavy atom. The summed E-state index contributed by atoms with van der Waals surface area (Å²) in [6.45, 7) is 1.60. The van der Waals surface area contributed by atoms with Crippen LogP contribution in [-0.2, 0) is 21.4 Å². The fourth-order valence-corrected chi connectivity index (χ4v) is 3.88. The van der Waals surface area contributed by atoms with Crippen LogP contribution < -0.4 is 24.2 Å². The Morgan fingerprint density at radius 1 is 1.03 bits per heavy atom. The maximum Gasteiger partial charge on any atom is 0.241 e. The van der Waals surface area contributed by atoms with E-state index in [0.717, 1.165) is 0 Å². The number of hydrogen-bond donors (Lipinski definition) is 2. The third-order valence-electron chi connectivity index (χ3n) is 4.04. The molecule has 0 heterocycles. The number of halogens is 1. The molecule has 10 heteroatoms. The molecule has 29 heavy (non-hydrogen) atoms. The molecule has 2 aromatic rings. The van der Waals surface area contributed by atoms with Crippen LogP contribution in [0.4, 0.5) is 0 Å². The number of carbonyl (C=O) groups excluding carboxylic acids is 1. The van der Waals surface area contributed by atoms with Crippen LogP contribution in [0.3, 0.4) is 0 Å². The molecule has 8 nitrogen and oxygen atoms in total. The summed E-state index contributed by atoms with van der Waals surface area (Å²) in [5.41, 5.74) is 0.695. The van der Waals surface area contributed by atoms with Gasteiger partial charge in [0.15, 0.2) is 11.5 Å². The molecular weight excluding hydrogens is 420 g/mol. The van der Waals surface area contributed by atoms with Crippen LogP contribution in [-0.4, -0.2) is 41.7 Å². The van der Waals surface area contributed by atoms with Gasteiger partial charge in [-0.15, -0.1) is 0 Å². The molecule has 2 rings (SSSR count). The number of carbonyl (C=O) groups is 1. The number of benzene rings is 2. The van der Waals surface area contributed by atoms with Crippen LogP contribution >= 0.6 is 11.6 Å². The summed E-state index contributed by atoms with van der Waals surface area (Å²) in [6.07, 6.45) is 0. The van der Waals surface area contributed by atoms with Gasteiger partial charge in [0.2, 0.25) is 21.7 Å². The Hall–Kier alpha value is -2.49. The molecule has 0 aromatic heterocycles. The minimum absolute atomic E-state index is 0.0196. The second kappa shape index (κ2) is 9.82. The summed E-state index contributed by atoms with van der Waals surface area (Å²) >= 11 is 5.77. The number of hydrogen-bond acceptors (Lipinski definition) is 6. The molecule has 0 fully saturated rings. The predicted molar refractivity (Wildman–Crippen MR) is 109 cm³/mol. The van der Waals surface area contributed by atoms with Crippen LogP contribution in [0.25, 0.3) is 0 Å². The highest BCUT2D eigenvalue weighted by Gasteiger charge is 2.22. The van der Waals surface area contributed by atoms with Crippen molar-refractivity contribution >= 4 is 27.5 Å². The molecule has 0 radical (unpaired) electrons. The minimum Gasteiger partial charge on any atom is -0.493 e. The van der Waals surface area contributed by atoms with E-state index < -0.39 is 22.0 Å². The van der Waals surface area contributed by atoms with Crippen molar-refractivity contribution in [1.29, 1.82) is 0 Å². The van der Waals surface area contributed by atoms with E-state index in [-0.39, 0.29) is 11.4 Å². The van der Waals surface area contributed by atoms with Crippen LogP contribution in [0.15, 0.2) is 41.3 Å². The predicted octanol–water partition coefficient (Wildman–Crippen LogP) is 2.35. The topological polar surface area (TPSA) is 103 Å². The Balaban J connectivity index is 2.06. The molecule has 0 spiro atoms. The first-order chi connectivity index (χ1) is 13.7. The molecule has 2 N–H and O–H groups in total. The van der Waals surface area contributed by atoms with Crippen LogP contribution in [0.2, 0.25) is 5.02 Å². The van der Waals surface area contributed by atoms with E-state index in [1.165, 1.54) is 52.5 Å². The highest BCUT2D eigenvalue weighted by Crippen LogP contribution is 2.38. The van der Waals surface area contributed by atoms with Crippen molar-refractivity contribution in [2.45, 2.75) is 24.4 Å². The highest BCUT2D eigenvalue weighted by atomic mass is 35.5. The molecular formula is C19H23ClN2O6S. The van der Waals surface area contributed by atoms with Gasteiger partial charge in [-0.1, -0.05) is 11.6 Å². The summed E-state index contributed by atoms with van der Waals surface area (Å²) in [5.74, 6) is 0.852. The van der Waals surface area contributed by atoms with Crippen LogP contribution in [0.5, 0.6) is 17.2 Å². The van der Waals surface area contributed by atoms with Gasteiger partial charge in [0, 0.05) is 11.6 Å². The first kappa shape index (κ1) is 22.8. The highest BCUT2D eigenvalue weighted by molar-refractivity contribution is 7.89. The number of amides is 1. The number of methoxy groups -OCH3 is 3. The van der Waals surface area contributed by atoms with Gasteiger partial charge in [0.25, 0.3) is 0 Å². The van der Waals surface area contributed by atoms with Crippen LogP contribution in [0.1, 0.15) is 12.5 Å². The molecule has 0 unspecified atom stereocenters. The summed E-state index contributed by atoms with van der Waals surface area (Å²) in [6, 6.07) is 8.07. The third-order valence-corrected chi connectivity index (χ3v) is 5.85. The average Bonchev–Trinajstić information content (AvgIpc) is 2.70. The summed E-state index contributed by atoms with van der Waals surface area (Å²) in [7, 11) is 0.622. The molecule has 0 saturated heterocycles. The monoisotopic (exact) mass is 442 g/mol. The smallest absolute Gasteiger partial charge is 0.241 e. The summed E-state index contributed by atoms with van der Waals surface area (Å²) < 4.78 is 42.9. The molecule has 0 aliphatic carbocycles. The fourth-order valence-electron chi connectivity index (χ4n) is 2.55. The second-order valence-corrected chi connectivity index (χ2v) is 8.20. The quantitative estimate of drug-likeness (QED) is 0.618. The van der Waals surface area contributed by atoms with Gasteiger partial charge in [-0.2, -0.15) is 4.72 Å². The molecule has 0 saturated carbocycles. The van der Waals surface area contributed by atoms with Crippen molar-refractivity contribution in [2.75, 3.05) is 21.3 Å². The molecule has 2 aromatic carbocycles. The van der Waals surface area contributed by atoms with Crippen molar-refractivity contribution in [2.24, 2.45) is 0 Å². The van der Waals surface area contributed by atoms with E-state index in [2.05, 4.69) is 10.0 Å². The van der Waals surface area contributed by atoms with Gasteiger partial charge in [0.05, 0.1) is 32.3 Å². The van der Waals surface area contributed by atoms with Gasteiger partial charge >= 0.3 is 0 Å². The first-order valence-electron chi connectivity index (χ1n) is 8.56. The second-order valence-electron chi connectivity index (χ2n) is 6.05. The number of sulfonamides is 1. The van der Waals surface area contributed by atoms with Gasteiger partial charge in [-0.3, -0.25) is 4.79 Å². The first-order valence-corrected chi connectivity index (χ1v) is 10.4. The van der Waals surface area contributed by atoms with Crippen molar-refractivity contribution in [3.8, 4) is 17.2 Å². The Labute approximate surface area is 175 Å². The number of ether oxygens (including phenoxy) is 3. The largest absolute Gasteiger partial charge is 0.493 e. The summed E-state index contributed by atoms with van der Waals surface area (Å²) in [5, 5.41) is 3.10. The maximum atomic E-state index is 12.4. The molecule has 0 aliphatic rings.